The van der Waals surface area contributed by atoms with Gasteiger partial charge in [-0.1, -0.05) is 42.5 Å². The average molecular weight is 303 g/mol. The second kappa shape index (κ2) is 6.53. The molecule has 0 saturated carbocycles. The maximum Gasteiger partial charge on any atom is 0.352 e. The van der Waals surface area contributed by atoms with Gasteiger partial charge in [-0.2, -0.15) is 0 Å². The Morgan fingerprint density at radius 1 is 1.36 bits per heavy atom. The summed E-state index contributed by atoms with van der Waals surface area (Å²) >= 11 is 0. The van der Waals surface area contributed by atoms with E-state index in [1.807, 2.05) is 30.3 Å². The largest absolute Gasteiger partial charge is 0.481 e. The van der Waals surface area contributed by atoms with E-state index in [1.165, 1.54) is 6.08 Å². The Kier molecular flexibility index (Phi) is 4.72. The van der Waals surface area contributed by atoms with Crippen LogP contribution in [0.5, 0.6) is 0 Å². The van der Waals surface area contributed by atoms with Gasteiger partial charge in [-0.3, -0.25) is 14.9 Å². The molecular formula is C16H17NO5. The molecule has 0 saturated heterocycles. The van der Waals surface area contributed by atoms with Crippen molar-refractivity contribution in [3.63, 3.8) is 0 Å². The molecule has 0 spiro atoms. The molecule has 0 amide bonds. The number of allylic oxidation sites excluding steroid dienone is 2. The van der Waals surface area contributed by atoms with Crippen molar-refractivity contribution in [2.24, 2.45) is 0 Å². The number of aliphatic carboxylic acids is 1. The molecule has 0 fully saturated rings. The highest BCUT2D eigenvalue weighted by molar-refractivity contribution is 5.74. The summed E-state index contributed by atoms with van der Waals surface area (Å²) in [6.07, 6.45) is 2.82. The van der Waals surface area contributed by atoms with Gasteiger partial charge in [-0.15, -0.1) is 0 Å². The summed E-state index contributed by atoms with van der Waals surface area (Å²) in [6.45, 7) is 1.78. The monoisotopic (exact) mass is 303 g/mol. The summed E-state index contributed by atoms with van der Waals surface area (Å²) in [5.74, 6) is -1.12. The summed E-state index contributed by atoms with van der Waals surface area (Å²) in [6, 6.07) is 9.28. The Balaban J connectivity index is 2.47. The third kappa shape index (κ3) is 3.07. The quantitative estimate of drug-likeness (QED) is 0.496. The zero-order valence-corrected chi connectivity index (χ0v) is 12.2. The second-order valence-corrected chi connectivity index (χ2v) is 4.97. The van der Waals surface area contributed by atoms with E-state index >= 15 is 0 Å². The van der Waals surface area contributed by atoms with Crippen LogP contribution in [0.4, 0.5) is 0 Å². The van der Waals surface area contributed by atoms with Crippen LogP contribution in [0, 0.1) is 10.1 Å². The molecule has 1 unspecified atom stereocenters. The topological polar surface area (TPSA) is 89.7 Å². The van der Waals surface area contributed by atoms with Crippen LogP contribution in [0.2, 0.25) is 0 Å². The normalized spacial score (nSPS) is 21.0. The van der Waals surface area contributed by atoms with Gasteiger partial charge < -0.3 is 9.84 Å². The number of rotatable bonds is 6. The van der Waals surface area contributed by atoms with Gasteiger partial charge in [0.05, 0.1) is 24.4 Å². The van der Waals surface area contributed by atoms with Gasteiger partial charge in [0.25, 0.3) is 0 Å². The molecular weight excluding hydrogens is 286 g/mol. The Labute approximate surface area is 127 Å². The third-order valence-corrected chi connectivity index (χ3v) is 3.58. The molecule has 0 heterocycles. The molecule has 0 radical (unpaired) electrons. The van der Waals surface area contributed by atoms with Crippen LogP contribution < -0.4 is 0 Å². The lowest BCUT2D eigenvalue weighted by Gasteiger charge is -2.30. The van der Waals surface area contributed by atoms with Crippen molar-refractivity contribution in [2.45, 2.75) is 25.5 Å². The second-order valence-electron chi connectivity index (χ2n) is 4.97. The van der Waals surface area contributed by atoms with Crippen LogP contribution in [0.15, 0.2) is 48.1 Å². The van der Waals surface area contributed by atoms with Gasteiger partial charge >= 0.3 is 11.7 Å². The maximum atomic E-state index is 11.7. The fraction of sp³-hybridized carbons (Fsp3) is 0.312. The van der Waals surface area contributed by atoms with Crippen LogP contribution in [0.25, 0.3) is 5.57 Å². The first-order valence-corrected chi connectivity index (χ1v) is 6.95. The molecule has 1 aliphatic carbocycles. The highest BCUT2D eigenvalue weighted by atomic mass is 16.7. The third-order valence-electron chi connectivity index (χ3n) is 3.58. The number of carbonyl (C=O) groups is 1. The fourth-order valence-electron chi connectivity index (χ4n) is 2.59. The summed E-state index contributed by atoms with van der Waals surface area (Å²) < 4.78 is 5.43. The van der Waals surface area contributed by atoms with Crippen LogP contribution >= 0.6 is 0 Å². The van der Waals surface area contributed by atoms with Crippen molar-refractivity contribution in [3.05, 3.63) is 63.7 Å². The molecule has 22 heavy (non-hydrogen) atoms. The van der Waals surface area contributed by atoms with Crippen LogP contribution in [0.3, 0.4) is 0 Å². The van der Waals surface area contributed by atoms with Gasteiger partial charge in [-0.25, -0.2) is 0 Å². The summed E-state index contributed by atoms with van der Waals surface area (Å²) in [7, 11) is 0. The van der Waals surface area contributed by atoms with E-state index in [4.69, 9.17) is 9.84 Å². The summed E-state index contributed by atoms with van der Waals surface area (Å²) in [4.78, 5) is 22.1. The van der Waals surface area contributed by atoms with Gasteiger partial charge in [0.2, 0.25) is 0 Å². The van der Waals surface area contributed by atoms with Gasteiger partial charge in [0.15, 0.2) is 0 Å². The molecule has 1 aromatic rings. The maximum absolute atomic E-state index is 11.7. The van der Waals surface area contributed by atoms with Crippen LogP contribution in [-0.2, 0) is 9.53 Å². The number of hydrogen-bond donors (Lipinski definition) is 1. The van der Waals surface area contributed by atoms with Crippen molar-refractivity contribution >= 4 is 11.5 Å². The molecule has 1 aromatic carbocycles. The van der Waals surface area contributed by atoms with E-state index in [2.05, 4.69) is 0 Å². The number of benzene rings is 1. The van der Waals surface area contributed by atoms with Crippen molar-refractivity contribution in [1.29, 1.82) is 0 Å². The minimum atomic E-state index is -1.81. The highest BCUT2D eigenvalue weighted by Gasteiger charge is 2.50. The van der Waals surface area contributed by atoms with Crippen LogP contribution in [-0.4, -0.2) is 28.3 Å². The molecule has 1 atom stereocenters. The number of nitro groups is 1. The molecule has 0 aliphatic heterocycles. The lowest BCUT2D eigenvalue weighted by atomic mass is 9.85. The zero-order chi connectivity index (χ0) is 16.2. The number of ether oxygens (including phenoxy) is 1. The zero-order valence-electron chi connectivity index (χ0n) is 12.2. The standard InChI is InChI=1S/C16H17NO5/c1-2-22-16(17(20)21)11-13(12-6-4-3-5-7-12)8-9-14(16)10-15(18)19/h3-9H,2,10-11H2,1H3,(H,18,19). The number of hydrogen-bond acceptors (Lipinski definition) is 4. The Hall–Kier alpha value is -2.47. The predicted molar refractivity (Wildman–Crippen MR) is 80.7 cm³/mol. The van der Waals surface area contributed by atoms with Crippen molar-refractivity contribution in [2.75, 3.05) is 6.61 Å². The summed E-state index contributed by atoms with van der Waals surface area (Å²) in [5.41, 5.74) is -0.0435. The van der Waals surface area contributed by atoms with E-state index in [0.717, 1.165) is 11.1 Å². The molecule has 6 nitrogen and oxygen atoms in total. The first-order valence-electron chi connectivity index (χ1n) is 6.95. The van der Waals surface area contributed by atoms with Gasteiger partial charge in [0, 0.05) is 5.57 Å². The minimum Gasteiger partial charge on any atom is -0.481 e. The smallest absolute Gasteiger partial charge is 0.352 e. The van der Waals surface area contributed by atoms with Crippen LogP contribution in [0.1, 0.15) is 25.3 Å². The lowest BCUT2D eigenvalue weighted by Crippen LogP contribution is -2.45. The highest BCUT2D eigenvalue weighted by Crippen LogP contribution is 2.39. The average Bonchev–Trinajstić information content (AvgIpc) is 2.49. The Morgan fingerprint density at radius 3 is 2.59 bits per heavy atom. The van der Waals surface area contributed by atoms with E-state index in [-0.39, 0.29) is 18.6 Å². The van der Waals surface area contributed by atoms with Crippen molar-refractivity contribution in [1.82, 2.24) is 0 Å². The minimum absolute atomic E-state index is 0.0109. The number of nitrogens with zero attached hydrogens (tertiary/aromatic N) is 1. The molecule has 2 rings (SSSR count). The van der Waals surface area contributed by atoms with Crippen molar-refractivity contribution < 1.29 is 19.6 Å². The molecule has 116 valence electrons. The molecule has 1 N–H and O–H groups in total. The van der Waals surface area contributed by atoms with E-state index in [9.17, 15) is 14.9 Å². The molecule has 0 bridgehead atoms. The SMILES string of the molecule is CCOC1([N+](=O)[O-])CC(c2ccccc2)=CC=C1CC(=O)O. The van der Waals surface area contributed by atoms with E-state index < -0.39 is 23.0 Å². The van der Waals surface area contributed by atoms with Gasteiger partial charge in [0.1, 0.15) is 0 Å². The number of carboxylic acids is 1. The lowest BCUT2D eigenvalue weighted by molar-refractivity contribution is -0.615. The number of carboxylic acid groups (broad SMARTS) is 1. The first kappa shape index (κ1) is 15.9. The van der Waals surface area contributed by atoms with Gasteiger partial charge in [-0.05, 0) is 18.1 Å². The van der Waals surface area contributed by atoms with E-state index in [0.29, 0.717) is 0 Å². The Morgan fingerprint density at radius 2 is 2.05 bits per heavy atom. The predicted octanol–water partition coefficient (Wildman–Crippen LogP) is 2.88. The Bertz CT molecular complexity index is 635. The van der Waals surface area contributed by atoms with Crippen molar-refractivity contribution in [3.8, 4) is 0 Å². The first-order chi connectivity index (χ1) is 10.5. The fourth-order valence-corrected chi connectivity index (χ4v) is 2.59. The summed E-state index contributed by atoms with van der Waals surface area (Å²) in [5, 5.41) is 20.6. The molecule has 6 heteroatoms. The molecule has 0 aromatic heterocycles. The molecule has 1 aliphatic rings. The van der Waals surface area contributed by atoms with E-state index in [1.54, 1.807) is 13.0 Å².